The van der Waals surface area contributed by atoms with Crippen LogP contribution in [-0.2, 0) is 6.42 Å². The van der Waals surface area contributed by atoms with Crippen LogP contribution in [0.25, 0.3) is 0 Å². The van der Waals surface area contributed by atoms with Gasteiger partial charge in [-0.1, -0.05) is 36.4 Å². The van der Waals surface area contributed by atoms with E-state index in [4.69, 9.17) is 13.9 Å². The van der Waals surface area contributed by atoms with Crippen molar-refractivity contribution in [1.29, 1.82) is 0 Å². The maximum Gasteiger partial charge on any atom is 0.416 e. The molecule has 0 bridgehead atoms. The van der Waals surface area contributed by atoms with Gasteiger partial charge in [-0.05, 0) is 61.7 Å². The number of rotatable bonds is 10. The molecule has 0 heterocycles. The van der Waals surface area contributed by atoms with Crippen molar-refractivity contribution in [3.05, 3.63) is 90.0 Å². The number of hydrogen-bond donors (Lipinski definition) is 1. The molecule has 0 saturated heterocycles. The Bertz CT molecular complexity index is 1090. The maximum atomic E-state index is 13.2. The second-order valence-corrected chi connectivity index (χ2v) is 7.98. The van der Waals surface area contributed by atoms with E-state index in [2.05, 4.69) is 0 Å². The molecule has 0 radical (unpaired) electrons. The summed E-state index contributed by atoms with van der Waals surface area (Å²) < 4.78 is 74.3. The number of aliphatic hydroxyl groups excluding tert-OH is 1. The molecule has 0 aromatic heterocycles. The molecule has 0 spiro atoms. The van der Waals surface area contributed by atoms with Gasteiger partial charge in [-0.15, -0.1) is 0 Å². The van der Waals surface area contributed by atoms with Gasteiger partial charge in [0.2, 0.25) is 0 Å². The van der Waals surface area contributed by atoms with Crippen molar-refractivity contribution in [3.8, 4) is 11.5 Å². The monoisotopic (exact) mass is 513 g/mol. The predicted octanol–water partition coefficient (Wildman–Crippen LogP) is 7.18. The van der Waals surface area contributed by atoms with Crippen LogP contribution >= 0.6 is 0 Å². The van der Waals surface area contributed by atoms with Gasteiger partial charge < -0.3 is 14.7 Å². The first-order valence-corrected chi connectivity index (χ1v) is 10.9. The van der Waals surface area contributed by atoms with Crippen LogP contribution in [0, 0.1) is 0 Å². The molecule has 0 fully saturated rings. The lowest BCUT2D eigenvalue weighted by Gasteiger charge is -2.34. The quantitative estimate of drug-likeness (QED) is 0.231. The fraction of sp³-hybridized carbons (Fsp3) is 0.269. The highest BCUT2D eigenvalue weighted by Gasteiger charge is 2.40. The zero-order valence-corrected chi connectivity index (χ0v) is 19.3. The van der Waals surface area contributed by atoms with Gasteiger partial charge in [-0.3, -0.25) is 4.79 Å². The number of nitrogens with zero attached hydrogens (tertiary/aromatic N) is 1. The zero-order chi connectivity index (χ0) is 26.7. The number of carbonyl (C=O) groups is 1. The minimum atomic E-state index is -4.77. The topological polar surface area (TPSA) is 49.8 Å². The molecular weight excluding hydrogens is 488 g/mol. The van der Waals surface area contributed by atoms with E-state index in [0.29, 0.717) is 35.6 Å². The van der Waals surface area contributed by atoms with Crippen molar-refractivity contribution in [1.82, 2.24) is 0 Å². The lowest BCUT2D eigenvalue weighted by atomic mass is 10.0. The Hall–Kier alpha value is -3.53. The minimum Gasteiger partial charge on any atom is -0.457 e. The molecule has 3 aromatic rings. The molecule has 4 nitrogen and oxygen atoms in total. The molecule has 0 saturated carbocycles. The van der Waals surface area contributed by atoms with Gasteiger partial charge in [0.25, 0.3) is 0 Å². The fourth-order valence-corrected chi connectivity index (χ4v) is 3.56. The lowest BCUT2D eigenvalue weighted by molar-refractivity contribution is -0.200. The average molecular weight is 513 g/mol. The predicted molar refractivity (Wildman–Crippen MR) is 124 cm³/mol. The molecule has 0 aliphatic heterocycles. The third-order valence-electron chi connectivity index (χ3n) is 5.41. The highest BCUT2D eigenvalue weighted by Crippen LogP contribution is 2.30. The highest BCUT2D eigenvalue weighted by atomic mass is 20.0. The average Bonchev–Trinajstić information content (AvgIpc) is 2.87. The van der Waals surface area contributed by atoms with Gasteiger partial charge in [0.1, 0.15) is 11.5 Å². The largest absolute Gasteiger partial charge is 0.457 e. The van der Waals surface area contributed by atoms with Crippen molar-refractivity contribution in [3.63, 3.8) is 0 Å². The standard InChI is InChI=1S/C26H25F4NO3.F2/c1-18(13-14-19-7-5-8-20(15-19)25(27)33)31(17-24(32)26(28,29)30)21-9-6-12-23(16-21)34-22-10-3-2-4-11-22;1-2/h2-12,15-16,18,24,32H,13-14,17H2,1H3;. The molecule has 2 atom stereocenters. The van der Waals surface area contributed by atoms with Gasteiger partial charge in [0, 0.05) is 26.9 Å². The van der Waals surface area contributed by atoms with E-state index in [0.717, 1.165) is 0 Å². The Kier molecular flexibility index (Phi) is 10.8. The number of aliphatic hydroxyl groups is 1. The number of aryl methyl sites for hydroxylation is 1. The first kappa shape index (κ1) is 28.7. The molecule has 10 heteroatoms. The number of benzene rings is 3. The molecule has 2 unspecified atom stereocenters. The van der Waals surface area contributed by atoms with E-state index in [1.165, 1.54) is 17.0 Å². The van der Waals surface area contributed by atoms with Crippen LogP contribution in [0.5, 0.6) is 11.5 Å². The smallest absolute Gasteiger partial charge is 0.416 e. The molecule has 0 aliphatic rings. The molecule has 36 heavy (non-hydrogen) atoms. The summed E-state index contributed by atoms with van der Waals surface area (Å²) in [6, 6.07) is 19.7. The van der Waals surface area contributed by atoms with E-state index >= 15 is 0 Å². The summed E-state index contributed by atoms with van der Waals surface area (Å²) in [7, 11) is 0. The first-order valence-electron chi connectivity index (χ1n) is 10.9. The zero-order valence-electron chi connectivity index (χ0n) is 19.3. The Morgan fingerprint density at radius 1 is 0.944 bits per heavy atom. The number of para-hydroxylation sites is 1. The lowest BCUT2D eigenvalue weighted by Crippen LogP contribution is -2.45. The van der Waals surface area contributed by atoms with Crippen molar-refractivity contribution in [2.45, 2.75) is 38.1 Å². The van der Waals surface area contributed by atoms with Crippen LogP contribution in [0.2, 0.25) is 0 Å². The normalized spacial score (nSPS) is 12.7. The Morgan fingerprint density at radius 3 is 2.22 bits per heavy atom. The van der Waals surface area contributed by atoms with Crippen LogP contribution in [0.1, 0.15) is 29.3 Å². The van der Waals surface area contributed by atoms with Crippen molar-refractivity contribution in [2.75, 3.05) is 11.4 Å². The summed E-state index contributed by atoms with van der Waals surface area (Å²) in [5.41, 5.74) is 1.07. The second kappa shape index (κ2) is 13.5. The second-order valence-electron chi connectivity index (χ2n) is 7.98. The van der Waals surface area contributed by atoms with E-state index in [1.807, 2.05) is 6.07 Å². The van der Waals surface area contributed by atoms with Crippen LogP contribution in [-0.4, -0.2) is 36.0 Å². The van der Waals surface area contributed by atoms with Crippen molar-refractivity contribution < 1.29 is 41.3 Å². The maximum absolute atomic E-state index is 13.2. The third kappa shape index (κ3) is 8.60. The number of alkyl halides is 3. The van der Waals surface area contributed by atoms with Crippen LogP contribution in [0.4, 0.5) is 32.4 Å². The van der Waals surface area contributed by atoms with Crippen LogP contribution in [0.15, 0.2) is 78.9 Å². The summed E-state index contributed by atoms with van der Waals surface area (Å²) in [5, 5.41) is 9.78. The third-order valence-corrected chi connectivity index (χ3v) is 5.41. The summed E-state index contributed by atoms with van der Waals surface area (Å²) >= 11 is 0. The molecule has 3 aromatic carbocycles. The van der Waals surface area contributed by atoms with Gasteiger partial charge in [0.15, 0.2) is 6.10 Å². The number of halogens is 6. The van der Waals surface area contributed by atoms with Gasteiger partial charge >= 0.3 is 12.2 Å². The number of hydrogen-bond acceptors (Lipinski definition) is 4. The molecule has 0 amide bonds. The molecule has 1 N–H and O–H groups in total. The Balaban J connectivity index is 0.00000222. The molecular formula is C26H25F6NO3. The van der Waals surface area contributed by atoms with Gasteiger partial charge in [-0.2, -0.15) is 17.6 Å². The van der Waals surface area contributed by atoms with E-state index in [-0.39, 0.29) is 5.56 Å². The van der Waals surface area contributed by atoms with Gasteiger partial charge in [0.05, 0.1) is 12.1 Å². The molecule has 194 valence electrons. The summed E-state index contributed by atoms with van der Waals surface area (Å²) in [4.78, 5) is 12.5. The SMILES string of the molecule is CC(CCc1cccc(C(=O)F)c1)N(CC(O)C(F)(F)F)c1cccc(Oc2ccccc2)c1.FF. The number of anilines is 1. The number of carbonyl (C=O) groups excluding carboxylic acids is 1. The van der Waals surface area contributed by atoms with E-state index in [1.54, 1.807) is 67.6 Å². The minimum absolute atomic E-state index is 0.0692. The summed E-state index contributed by atoms with van der Waals surface area (Å²) in [5.74, 6) is 1.02. The van der Waals surface area contributed by atoms with E-state index < -0.39 is 30.9 Å². The number of ether oxygens (including phenoxy) is 1. The van der Waals surface area contributed by atoms with Crippen LogP contribution < -0.4 is 9.64 Å². The highest BCUT2D eigenvalue weighted by molar-refractivity contribution is 5.88. The summed E-state index contributed by atoms with van der Waals surface area (Å²) in [6.07, 6.45) is -6.51. The van der Waals surface area contributed by atoms with E-state index in [9.17, 15) is 27.5 Å². The Morgan fingerprint density at radius 2 is 1.58 bits per heavy atom. The summed E-state index contributed by atoms with van der Waals surface area (Å²) in [6.45, 7) is 1.08. The van der Waals surface area contributed by atoms with Crippen LogP contribution in [0.3, 0.4) is 0 Å². The Labute approximate surface area is 204 Å². The molecule has 0 aliphatic carbocycles. The van der Waals surface area contributed by atoms with Crippen molar-refractivity contribution >= 4 is 11.7 Å². The molecule has 3 rings (SSSR count). The van der Waals surface area contributed by atoms with Gasteiger partial charge in [-0.25, -0.2) is 0 Å². The first-order chi connectivity index (χ1) is 17.1. The fourth-order valence-electron chi connectivity index (χ4n) is 3.56. The van der Waals surface area contributed by atoms with Crippen molar-refractivity contribution in [2.24, 2.45) is 0 Å².